The van der Waals surface area contributed by atoms with Gasteiger partial charge in [0.05, 0.1) is 13.2 Å². The molecular weight excluding hydrogens is 126 g/mol. The van der Waals surface area contributed by atoms with E-state index in [1.807, 2.05) is 0 Å². The molecule has 50 valence electrons. The number of rotatable bonds is 0. The summed E-state index contributed by atoms with van der Waals surface area (Å²) < 4.78 is 5.04. The Morgan fingerprint density at radius 2 is 2.12 bits per heavy atom. The van der Waals surface area contributed by atoms with E-state index in [0.29, 0.717) is 12.0 Å². The molecule has 0 aromatic heterocycles. The first-order valence-corrected chi connectivity index (χ1v) is 2.64. The highest BCUT2D eigenvalue weighted by molar-refractivity contribution is 5.85. The van der Waals surface area contributed by atoms with Crippen molar-refractivity contribution in [2.45, 2.75) is 13.0 Å². The molecule has 2 N–H and O–H groups in total. The second kappa shape index (κ2) is 3.28. The van der Waals surface area contributed by atoms with Gasteiger partial charge in [0.1, 0.15) is 0 Å². The summed E-state index contributed by atoms with van der Waals surface area (Å²) in [6, 6.07) is 0.292. The quantitative estimate of drug-likeness (QED) is 0.525. The smallest absolute Gasteiger partial charge is 0.0621 e. The van der Waals surface area contributed by atoms with Crippen LogP contribution >= 0.6 is 12.4 Å². The van der Waals surface area contributed by atoms with Crippen LogP contribution in [0.5, 0.6) is 0 Å². The molecule has 3 heteroatoms. The molecule has 0 radical (unpaired) electrons. The molecule has 0 spiro atoms. The largest absolute Gasteiger partial charge is 0.379 e. The number of hydrogen-bond acceptors (Lipinski definition) is 2. The van der Waals surface area contributed by atoms with E-state index in [9.17, 15) is 0 Å². The van der Waals surface area contributed by atoms with Gasteiger partial charge in [0.2, 0.25) is 0 Å². The maximum absolute atomic E-state index is 5.55. The van der Waals surface area contributed by atoms with Crippen molar-refractivity contribution in [3.05, 3.63) is 0 Å². The monoisotopic (exact) mass is 137 g/mol. The van der Waals surface area contributed by atoms with Gasteiger partial charge in [0.15, 0.2) is 0 Å². The Morgan fingerprint density at radius 1 is 1.50 bits per heavy atom. The van der Waals surface area contributed by atoms with Gasteiger partial charge in [0.25, 0.3) is 0 Å². The molecule has 1 rings (SSSR count). The van der Waals surface area contributed by atoms with Gasteiger partial charge in [-0.05, 0) is 5.92 Å². The number of ether oxygens (including phenoxy) is 1. The van der Waals surface area contributed by atoms with Gasteiger partial charge >= 0.3 is 0 Å². The molecule has 1 aliphatic rings. The second-order valence-corrected chi connectivity index (χ2v) is 2.18. The Bertz CT molecular complexity index is 61.4. The summed E-state index contributed by atoms with van der Waals surface area (Å²) in [6.07, 6.45) is 0. The van der Waals surface area contributed by atoms with Crippen molar-refractivity contribution in [1.29, 1.82) is 0 Å². The van der Waals surface area contributed by atoms with Crippen molar-refractivity contribution in [3.8, 4) is 0 Å². The second-order valence-electron chi connectivity index (χ2n) is 2.18. The first-order valence-electron chi connectivity index (χ1n) is 2.64. The lowest BCUT2D eigenvalue weighted by Crippen LogP contribution is -2.25. The zero-order valence-corrected chi connectivity index (χ0v) is 5.78. The molecule has 2 atom stereocenters. The van der Waals surface area contributed by atoms with Crippen molar-refractivity contribution in [2.24, 2.45) is 11.7 Å². The fourth-order valence-electron chi connectivity index (χ4n) is 0.678. The van der Waals surface area contributed by atoms with Crippen LogP contribution in [0.1, 0.15) is 6.92 Å². The van der Waals surface area contributed by atoms with Gasteiger partial charge in [-0.3, -0.25) is 0 Å². The first-order chi connectivity index (χ1) is 3.30. The maximum atomic E-state index is 5.55. The SMILES string of the molecule is C[C@@H]1COC[C@@H]1N.Cl. The normalized spacial score (nSPS) is 36.8. The molecule has 1 heterocycles. The standard InChI is InChI=1S/C5H11NO.ClH/c1-4-2-7-3-5(4)6;/h4-5H,2-3,6H2,1H3;1H/t4-,5+;/m1./s1. The Hall–Kier alpha value is 0.210. The third kappa shape index (κ3) is 1.62. The van der Waals surface area contributed by atoms with E-state index in [2.05, 4.69) is 6.92 Å². The molecule has 8 heavy (non-hydrogen) atoms. The highest BCUT2D eigenvalue weighted by atomic mass is 35.5. The van der Waals surface area contributed by atoms with E-state index >= 15 is 0 Å². The van der Waals surface area contributed by atoms with Gasteiger partial charge in [-0.25, -0.2) is 0 Å². The minimum atomic E-state index is 0. The van der Waals surface area contributed by atoms with Gasteiger partial charge in [0, 0.05) is 6.04 Å². The minimum absolute atomic E-state index is 0. The van der Waals surface area contributed by atoms with Crippen LogP contribution in [-0.4, -0.2) is 19.3 Å². The first kappa shape index (κ1) is 8.21. The highest BCUT2D eigenvalue weighted by Gasteiger charge is 2.18. The van der Waals surface area contributed by atoms with Crippen molar-refractivity contribution < 1.29 is 4.74 Å². The Kier molecular flexibility index (Phi) is 3.36. The molecule has 1 fully saturated rings. The van der Waals surface area contributed by atoms with E-state index in [1.54, 1.807) is 0 Å². The predicted octanol–water partition coefficient (Wildman–Crippen LogP) is 0.402. The van der Waals surface area contributed by atoms with Crippen molar-refractivity contribution >= 4 is 12.4 Å². The Labute approximate surface area is 55.8 Å². The third-order valence-corrected chi connectivity index (χ3v) is 1.42. The van der Waals surface area contributed by atoms with Crippen LogP contribution < -0.4 is 5.73 Å². The lowest BCUT2D eigenvalue weighted by Gasteiger charge is -2.02. The summed E-state index contributed by atoms with van der Waals surface area (Å²) in [6.45, 7) is 3.71. The summed E-state index contributed by atoms with van der Waals surface area (Å²) in [5.74, 6) is 0.569. The molecule has 0 aromatic rings. The molecule has 0 bridgehead atoms. The van der Waals surface area contributed by atoms with Crippen molar-refractivity contribution in [2.75, 3.05) is 13.2 Å². The minimum Gasteiger partial charge on any atom is -0.379 e. The summed E-state index contributed by atoms with van der Waals surface area (Å²) in [4.78, 5) is 0. The van der Waals surface area contributed by atoms with Crippen LogP contribution in [0.15, 0.2) is 0 Å². The van der Waals surface area contributed by atoms with Crippen molar-refractivity contribution in [3.63, 3.8) is 0 Å². The third-order valence-electron chi connectivity index (χ3n) is 1.42. The van der Waals surface area contributed by atoms with E-state index in [1.165, 1.54) is 0 Å². The van der Waals surface area contributed by atoms with E-state index < -0.39 is 0 Å². The molecule has 0 unspecified atom stereocenters. The van der Waals surface area contributed by atoms with E-state index in [0.717, 1.165) is 13.2 Å². The summed E-state index contributed by atoms with van der Waals surface area (Å²) >= 11 is 0. The lowest BCUT2D eigenvalue weighted by atomic mass is 10.1. The molecule has 0 aromatic carbocycles. The number of hydrogen-bond donors (Lipinski definition) is 1. The zero-order valence-electron chi connectivity index (χ0n) is 4.96. The molecule has 2 nitrogen and oxygen atoms in total. The van der Waals surface area contributed by atoms with E-state index in [-0.39, 0.29) is 12.4 Å². The lowest BCUT2D eigenvalue weighted by molar-refractivity contribution is 0.186. The van der Waals surface area contributed by atoms with Crippen LogP contribution in [0.3, 0.4) is 0 Å². The average Bonchev–Trinajstić information content (AvgIpc) is 1.91. The van der Waals surface area contributed by atoms with Gasteiger partial charge in [-0.15, -0.1) is 12.4 Å². The van der Waals surface area contributed by atoms with Crippen LogP contribution in [0.2, 0.25) is 0 Å². The van der Waals surface area contributed by atoms with E-state index in [4.69, 9.17) is 10.5 Å². The molecule has 0 saturated carbocycles. The zero-order chi connectivity index (χ0) is 5.28. The van der Waals surface area contributed by atoms with Gasteiger partial charge in [-0.1, -0.05) is 6.92 Å². The van der Waals surface area contributed by atoms with Crippen LogP contribution in [-0.2, 0) is 4.74 Å². The molecule has 1 saturated heterocycles. The Morgan fingerprint density at radius 3 is 2.25 bits per heavy atom. The summed E-state index contributed by atoms with van der Waals surface area (Å²) in [7, 11) is 0. The van der Waals surface area contributed by atoms with Crippen LogP contribution in [0.4, 0.5) is 0 Å². The molecule has 1 aliphatic heterocycles. The van der Waals surface area contributed by atoms with Crippen molar-refractivity contribution in [1.82, 2.24) is 0 Å². The fraction of sp³-hybridized carbons (Fsp3) is 1.00. The topological polar surface area (TPSA) is 35.2 Å². The number of halogens is 1. The number of nitrogens with two attached hydrogens (primary N) is 1. The fourth-order valence-corrected chi connectivity index (χ4v) is 0.678. The van der Waals surface area contributed by atoms with Crippen LogP contribution in [0.25, 0.3) is 0 Å². The van der Waals surface area contributed by atoms with Gasteiger partial charge < -0.3 is 10.5 Å². The highest BCUT2D eigenvalue weighted by Crippen LogP contribution is 2.08. The summed E-state index contributed by atoms with van der Waals surface area (Å²) in [5, 5.41) is 0. The molecule has 0 aliphatic carbocycles. The van der Waals surface area contributed by atoms with Gasteiger partial charge in [-0.2, -0.15) is 0 Å². The molecule has 0 amide bonds. The maximum Gasteiger partial charge on any atom is 0.0621 e. The van der Waals surface area contributed by atoms with Crippen LogP contribution in [0, 0.1) is 5.92 Å². The Balaban J connectivity index is 0.000000490. The average molecular weight is 138 g/mol. The summed E-state index contributed by atoms with van der Waals surface area (Å²) in [5.41, 5.74) is 5.55. The molecular formula is C5H12ClNO. The predicted molar refractivity (Wildman–Crippen MR) is 35.2 cm³/mol.